The lowest BCUT2D eigenvalue weighted by molar-refractivity contribution is -0.385. The summed E-state index contributed by atoms with van der Waals surface area (Å²) in [6.07, 6.45) is 2.97. The molecule has 0 aliphatic carbocycles. The van der Waals surface area contributed by atoms with Gasteiger partial charge < -0.3 is 13.9 Å². The van der Waals surface area contributed by atoms with Gasteiger partial charge >= 0.3 is 0 Å². The van der Waals surface area contributed by atoms with E-state index in [1.807, 2.05) is 41.8 Å². The fourth-order valence-electron chi connectivity index (χ4n) is 3.02. The van der Waals surface area contributed by atoms with Gasteiger partial charge in [0.15, 0.2) is 17.3 Å². The molecule has 5 rings (SSSR count). The predicted octanol–water partition coefficient (Wildman–Crippen LogP) is 4.56. The molecule has 2 aromatic heterocycles. The van der Waals surface area contributed by atoms with Crippen LogP contribution in [0.15, 0.2) is 80.8 Å². The lowest BCUT2D eigenvalue weighted by Crippen LogP contribution is -2.11. The van der Waals surface area contributed by atoms with Crippen LogP contribution < -0.4 is 14.3 Å². The average molecular weight is 434 g/mol. The summed E-state index contributed by atoms with van der Waals surface area (Å²) in [5.41, 5.74) is 1.58. The first kappa shape index (κ1) is 18.8. The summed E-state index contributed by atoms with van der Waals surface area (Å²) < 4.78 is 17.7. The summed E-state index contributed by atoms with van der Waals surface area (Å²) in [6, 6.07) is 15.9. The van der Waals surface area contributed by atoms with Gasteiger partial charge in [-0.25, -0.2) is 9.67 Å². The summed E-state index contributed by atoms with van der Waals surface area (Å²) in [5.74, 6) is 1.37. The van der Waals surface area contributed by atoms with Crippen molar-refractivity contribution < 1.29 is 18.8 Å². The zero-order chi connectivity index (χ0) is 21.2. The second kappa shape index (κ2) is 7.92. The molecule has 0 saturated heterocycles. The van der Waals surface area contributed by atoms with E-state index in [9.17, 15) is 10.1 Å². The van der Waals surface area contributed by atoms with Crippen LogP contribution in [0, 0.1) is 10.1 Å². The summed E-state index contributed by atoms with van der Waals surface area (Å²) in [7, 11) is 0. The van der Waals surface area contributed by atoms with Gasteiger partial charge in [0.2, 0.25) is 11.6 Å². The molecule has 2 aromatic carbocycles. The van der Waals surface area contributed by atoms with Crippen LogP contribution in [0.4, 0.5) is 11.4 Å². The first-order valence-electron chi connectivity index (χ1n) is 9.15. The quantitative estimate of drug-likeness (QED) is 0.260. The minimum absolute atomic E-state index is 0.0229. The first-order chi connectivity index (χ1) is 15.2. The standard InChI is InChI=1S/C21H14N4O5S/c26-25(27)16-10-20-19(29-13-30-20)9-14(16)11-22-24-17(18-7-4-8-28-18)12-31-21(24)23-15-5-2-1-3-6-15/h1-12H,13H2. The third-order valence-corrected chi connectivity index (χ3v) is 5.29. The minimum Gasteiger partial charge on any atom is -0.463 e. The van der Waals surface area contributed by atoms with Crippen LogP contribution in [0.1, 0.15) is 5.56 Å². The number of nitrogens with zero attached hydrogens (tertiary/aromatic N) is 4. The van der Waals surface area contributed by atoms with Gasteiger partial charge in [-0.05, 0) is 30.3 Å². The van der Waals surface area contributed by atoms with Crippen molar-refractivity contribution in [2.45, 2.75) is 0 Å². The largest absolute Gasteiger partial charge is 0.463 e. The third-order valence-electron chi connectivity index (χ3n) is 4.47. The Morgan fingerprint density at radius 1 is 1.10 bits per heavy atom. The molecule has 0 fully saturated rings. The number of para-hydroxylation sites is 1. The number of aromatic nitrogens is 1. The number of nitro benzene ring substituents is 1. The zero-order valence-corrected chi connectivity index (χ0v) is 16.7. The minimum atomic E-state index is -0.482. The smallest absolute Gasteiger partial charge is 0.282 e. The van der Waals surface area contributed by atoms with Crippen molar-refractivity contribution in [1.29, 1.82) is 0 Å². The van der Waals surface area contributed by atoms with Gasteiger partial charge in [0, 0.05) is 5.38 Å². The second-order valence-electron chi connectivity index (χ2n) is 6.41. The van der Waals surface area contributed by atoms with Crippen LogP contribution in [-0.4, -0.2) is 22.6 Å². The summed E-state index contributed by atoms with van der Waals surface area (Å²) in [4.78, 5) is 16.3. The van der Waals surface area contributed by atoms with Gasteiger partial charge in [0.05, 0.1) is 34.7 Å². The van der Waals surface area contributed by atoms with Gasteiger partial charge in [0.25, 0.3) is 5.69 Å². The van der Waals surface area contributed by atoms with Crippen molar-refractivity contribution in [2.75, 3.05) is 6.79 Å². The van der Waals surface area contributed by atoms with E-state index in [2.05, 4.69) is 10.1 Å². The maximum Gasteiger partial charge on any atom is 0.282 e. The Balaban J connectivity index is 1.64. The first-order valence-corrected chi connectivity index (χ1v) is 10.0. The van der Waals surface area contributed by atoms with Crippen LogP contribution in [0.5, 0.6) is 11.5 Å². The second-order valence-corrected chi connectivity index (χ2v) is 7.24. The molecule has 9 nitrogen and oxygen atoms in total. The Hall–Kier alpha value is -4.18. The molecule has 4 aromatic rings. The van der Waals surface area contributed by atoms with Crippen molar-refractivity contribution in [3.63, 3.8) is 0 Å². The Morgan fingerprint density at radius 3 is 2.65 bits per heavy atom. The fraction of sp³-hybridized carbons (Fsp3) is 0.0476. The molecule has 0 atom stereocenters. The number of hydrogen-bond donors (Lipinski definition) is 0. The molecule has 0 unspecified atom stereocenters. The normalized spacial score (nSPS) is 13.2. The van der Waals surface area contributed by atoms with E-state index >= 15 is 0 Å². The molecule has 154 valence electrons. The molecule has 3 heterocycles. The molecule has 10 heteroatoms. The number of thiazole rings is 1. The highest BCUT2D eigenvalue weighted by molar-refractivity contribution is 7.07. The van der Waals surface area contributed by atoms with Gasteiger partial charge in [-0.1, -0.05) is 18.2 Å². The Bertz CT molecular complexity index is 1340. The maximum atomic E-state index is 11.6. The SMILES string of the molecule is O=[N+]([O-])c1cc2c(cc1C=Nn1c(-c3ccco3)csc1=Nc1ccccc1)OCO2. The van der Waals surface area contributed by atoms with Crippen molar-refractivity contribution >= 4 is 28.9 Å². The molecule has 1 aliphatic heterocycles. The molecule has 0 saturated carbocycles. The Morgan fingerprint density at radius 2 is 1.90 bits per heavy atom. The highest BCUT2D eigenvalue weighted by atomic mass is 32.1. The molecule has 1 aliphatic rings. The molecule has 0 radical (unpaired) electrons. The molecule has 0 bridgehead atoms. The van der Waals surface area contributed by atoms with Crippen LogP contribution in [-0.2, 0) is 0 Å². The molecule has 0 N–H and O–H groups in total. The van der Waals surface area contributed by atoms with Crippen molar-refractivity contribution in [3.8, 4) is 23.0 Å². The number of nitro groups is 1. The van der Waals surface area contributed by atoms with Crippen LogP contribution in [0.2, 0.25) is 0 Å². The van der Waals surface area contributed by atoms with Crippen LogP contribution >= 0.6 is 11.3 Å². The maximum absolute atomic E-state index is 11.6. The lowest BCUT2D eigenvalue weighted by atomic mass is 10.1. The van der Waals surface area contributed by atoms with Gasteiger partial charge in [-0.15, -0.1) is 11.3 Å². The van der Waals surface area contributed by atoms with Gasteiger partial charge in [-0.3, -0.25) is 10.1 Å². The monoisotopic (exact) mass is 434 g/mol. The number of ether oxygens (including phenoxy) is 2. The fourth-order valence-corrected chi connectivity index (χ4v) is 3.86. The Kier molecular flexibility index (Phi) is 4.81. The summed E-state index contributed by atoms with van der Waals surface area (Å²) in [6.45, 7) is 0.0229. The molecule has 0 spiro atoms. The van der Waals surface area contributed by atoms with Gasteiger partial charge in [0.1, 0.15) is 5.69 Å². The third kappa shape index (κ3) is 3.71. The Labute approximate surface area is 179 Å². The van der Waals surface area contributed by atoms with E-state index < -0.39 is 4.92 Å². The van der Waals surface area contributed by atoms with E-state index in [0.717, 1.165) is 5.69 Å². The molecule has 31 heavy (non-hydrogen) atoms. The lowest BCUT2D eigenvalue weighted by Gasteiger charge is -2.03. The van der Waals surface area contributed by atoms with E-state index in [1.165, 1.54) is 29.7 Å². The summed E-state index contributed by atoms with van der Waals surface area (Å²) >= 11 is 1.38. The molecular formula is C21H14N4O5S. The zero-order valence-electron chi connectivity index (χ0n) is 15.9. The number of rotatable bonds is 5. The number of benzene rings is 2. The number of furan rings is 1. The van der Waals surface area contributed by atoms with Crippen molar-refractivity contribution in [2.24, 2.45) is 10.1 Å². The highest BCUT2D eigenvalue weighted by Crippen LogP contribution is 2.37. The van der Waals surface area contributed by atoms with Gasteiger partial charge in [-0.2, -0.15) is 5.10 Å². The predicted molar refractivity (Wildman–Crippen MR) is 114 cm³/mol. The average Bonchev–Trinajstić information content (AvgIpc) is 3.53. The topological polar surface area (TPSA) is 104 Å². The number of hydrogen-bond acceptors (Lipinski definition) is 8. The number of fused-ring (bicyclic) bond motifs is 1. The van der Waals surface area contributed by atoms with E-state index in [1.54, 1.807) is 17.0 Å². The van der Waals surface area contributed by atoms with E-state index in [4.69, 9.17) is 13.9 Å². The van der Waals surface area contributed by atoms with Crippen LogP contribution in [0.3, 0.4) is 0 Å². The van der Waals surface area contributed by atoms with E-state index in [-0.39, 0.29) is 18.0 Å². The van der Waals surface area contributed by atoms with Crippen LogP contribution in [0.25, 0.3) is 11.5 Å². The van der Waals surface area contributed by atoms with E-state index in [0.29, 0.717) is 27.8 Å². The van der Waals surface area contributed by atoms with Crippen molar-refractivity contribution in [1.82, 2.24) is 4.68 Å². The van der Waals surface area contributed by atoms with Crippen molar-refractivity contribution in [3.05, 3.63) is 86.7 Å². The highest BCUT2D eigenvalue weighted by Gasteiger charge is 2.22. The molecular weight excluding hydrogens is 420 g/mol. The molecule has 0 amide bonds. The summed E-state index contributed by atoms with van der Waals surface area (Å²) in [5, 5.41) is 17.9.